The second-order valence-corrected chi connectivity index (χ2v) is 6.83. The molecule has 21 heavy (non-hydrogen) atoms. The molecular formula is C15H10Cl2INO2. The predicted molar refractivity (Wildman–Crippen MR) is 92.0 cm³/mol. The van der Waals surface area contributed by atoms with Gasteiger partial charge >= 0.3 is 0 Å². The molecule has 0 bridgehead atoms. The Balaban J connectivity index is 2.06. The van der Waals surface area contributed by atoms with Crippen molar-refractivity contribution in [2.24, 2.45) is 0 Å². The van der Waals surface area contributed by atoms with Gasteiger partial charge in [-0.1, -0.05) is 23.2 Å². The molecule has 0 saturated heterocycles. The third kappa shape index (κ3) is 2.90. The third-order valence-corrected chi connectivity index (χ3v) is 4.94. The van der Waals surface area contributed by atoms with Crippen LogP contribution in [-0.4, -0.2) is 11.0 Å². The minimum atomic E-state index is -0.885. The Morgan fingerprint density at radius 1 is 1.19 bits per heavy atom. The van der Waals surface area contributed by atoms with Crippen LogP contribution in [-0.2, 0) is 11.2 Å². The van der Waals surface area contributed by atoms with Gasteiger partial charge in [-0.25, -0.2) is 0 Å². The number of rotatable bonds is 2. The minimum Gasteiger partial charge on any atom is -0.384 e. The van der Waals surface area contributed by atoms with E-state index in [9.17, 15) is 9.90 Å². The highest BCUT2D eigenvalue weighted by Gasteiger charge is 2.23. The summed E-state index contributed by atoms with van der Waals surface area (Å²) in [6.07, 6.45) is -0.581. The van der Waals surface area contributed by atoms with Crippen molar-refractivity contribution in [1.82, 2.24) is 0 Å². The largest absolute Gasteiger partial charge is 0.384 e. The number of carbonyl (C=O) groups is 1. The zero-order chi connectivity index (χ0) is 15.1. The fraction of sp³-hybridized carbons (Fsp3) is 0.133. The maximum Gasteiger partial charge on any atom is 0.228 e. The first kappa shape index (κ1) is 15.1. The van der Waals surface area contributed by atoms with Crippen molar-refractivity contribution < 1.29 is 9.90 Å². The van der Waals surface area contributed by atoms with E-state index in [-0.39, 0.29) is 5.91 Å². The van der Waals surface area contributed by atoms with Gasteiger partial charge in [-0.2, -0.15) is 0 Å². The molecule has 1 unspecified atom stereocenters. The molecule has 2 aromatic carbocycles. The first-order valence-electron chi connectivity index (χ1n) is 6.21. The van der Waals surface area contributed by atoms with E-state index in [2.05, 4.69) is 27.9 Å². The summed E-state index contributed by atoms with van der Waals surface area (Å²) in [6.45, 7) is 0. The van der Waals surface area contributed by atoms with Crippen molar-refractivity contribution in [3.63, 3.8) is 0 Å². The summed E-state index contributed by atoms with van der Waals surface area (Å²) in [5.41, 5.74) is 2.83. The molecule has 0 aromatic heterocycles. The van der Waals surface area contributed by atoms with Gasteiger partial charge in [-0.05, 0) is 64.0 Å². The summed E-state index contributed by atoms with van der Waals surface area (Å²) >= 11 is 14.4. The van der Waals surface area contributed by atoms with E-state index in [1.165, 1.54) is 0 Å². The number of nitrogens with one attached hydrogen (secondary N) is 1. The van der Waals surface area contributed by atoms with Gasteiger partial charge in [-0.15, -0.1) is 0 Å². The molecule has 2 aromatic rings. The number of anilines is 1. The van der Waals surface area contributed by atoms with E-state index >= 15 is 0 Å². The van der Waals surface area contributed by atoms with E-state index in [0.717, 1.165) is 9.13 Å². The average molecular weight is 434 g/mol. The Labute approximate surface area is 145 Å². The SMILES string of the molecule is O=C1Cc2cc(C(O)c3cc(Cl)ccc3I)c(Cl)cc2N1. The van der Waals surface area contributed by atoms with Crippen molar-refractivity contribution >= 4 is 57.4 Å². The number of halogens is 3. The lowest BCUT2D eigenvalue weighted by Crippen LogP contribution is -2.04. The van der Waals surface area contributed by atoms with Crippen LogP contribution in [0.1, 0.15) is 22.8 Å². The summed E-state index contributed by atoms with van der Waals surface area (Å²) in [7, 11) is 0. The summed E-state index contributed by atoms with van der Waals surface area (Å²) < 4.78 is 0.898. The van der Waals surface area contributed by atoms with Crippen LogP contribution in [0.4, 0.5) is 5.69 Å². The summed E-state index contributed by atoms with van der Waals surface area (Å²) in [5, 5.41) is 14.3. The quantitative estimate of drug-likeness (QED) is 0.698. The van der Waals surface area contributed by atoms with Crippen LogP contribution >= 0.6 is 45.8 Å². The van der Waals surface area contributed by atoms with Crippen LogP contribution < -0.4 is 5.32 Å². The molecule has 1 amide bonds. The number of hydrogen-bond donors (Lipinski definition) is 2. The first-order valence-corrected chi connectivity index (χ1v) is 8.04. The number of aliphatic hydroxyl groups is 1. The Hall–Kier alpha value is -0.820. The van der Waals surface area contributed by atoms with Crippen LogP contribution in [0.25, 0.3) is 0 Å². The maximum absolute atomic E-state index is 11.4. The van der Waals surface area contributed by atoms with E-state index in [0.29, 0.717) is 33.3 Å². The lowest BCUT2D eigenvalue weighted by atomic mass is 9.98. The van der Waals surface area contributed by atoms with Crippen LogP contribution in [0.3, 0.4) is 0 Å². The van der Waals surface area contributed by atoms with Gasteiger partial charge < -0.3 is 10.4 Å². The summed E-state index contributed by atoms with van der Waals surface area (Å²) in [6, 6.07) is 8.79. The van der Waals surface area contributed by atoms with Gasteiger partial charge in [0.05, 0.1) is 6.42 Å². The average Bonchev–Trinajstić information content (AvgIpc) is 2.79. The van der Waals surface area contributed by atoms with Gasteiger partial charge in [0.25, 0.3) is 0 Å². The molecule has 6 heteroatoms. The second kappa shape index (κ2) is 5.76. The van der Waals surface area contributed by atoms with E-state index < -0.39 is 6.10 Å². The molecule has 3 rings (SSSR count). The highest BCUT2D eigenvalue weighted by Crippen LogP contribution is 2.37. The maximum atomic E-state index is 11.4. The van der Waals surface area contributed by atoms with Crippen molar-refractivity contribution in [1.29, 1.82) is 0 Å². The standard InChI is InChI=1S/C15H10Cl2INO2/c16-8-1-2-12(18)10(5-8)15(21)9-3-7-4-14(20)19-13(7)6-11(9)17/h1-3,5-6,15,21H,4H2,(H,19,20). The number of hydrogen-bond acceptors (Lipinski definition) is 2. The Bertz CT molecular complexity index is 749. The Morgan fingerprint density at radius 3 is 2.71 bits per heavy atom. The lowest BCUT2D eigenvalue weighted by Gasteiger charge is -2.16. The third-order valence-electron chi connectivity index (χ3n) is 3.39. The van der Waals surface area contributed by atoms with Crippen molar-refractivity contribution in [3.05, 3.63) is 60.6 Å². The van der Waals surface area contributed by atoms with Crippen molar-refractivity contribution in [2.45, 2.75) is 12.5 Å². The first-order chi connectivity index (χ1) is 9.95. The number of aliphatic hydroxyl groups excluding tert-OH is 1. The molecule has 0 spiro atoms. The van der Waals surface area contributed by atoms with E-state index in [1.807, 2.05) is 6.07 Å². The summed E-state index contributed by atoms with van der Waals surface area (Å²) in [5.74, 6) is -0.0648. The smallest absolute Gasteiger partial charge is 0.228 e. The molecule has 0 aliphatic carbocycles. The number of fused-ring (bicyclic) bond motifs is 1. The monoisotopic (exact) mass is 433 g/mol. The van der Waals surface area contributed by atoms with Crippen LogP contribution in [0.2, 0.25) is 10.0 Å². The fourth-order valence-electron chi connectivity index (χ4n) is 2.37. The van der Waals surface area contributed by atoms with Gasteiger partial charge in [0, 0.05) is 24.9 Å². The number of benzene rings is 2. The lowest BCUT2D eigenvalue weighted by molar-refractivity contribution is -0.115. The zero-order valence-corrected chi connectivity index (χ0v) is 14.3. The van der Waals surface area contributed by atoms with E-state index in [1.54, 1.807) is 24.3 Å². The van der Waals surface area contributed by atoms with Crippen molar-refractivity contribution in [2.75, 3.05) is 5.32 Å². The predicted octanol–water partition coefficient (Wildman–Crippen LogP) is 4.17. The molecule has 0 radical (unpaired) electrons. The molecular weight excluding hydrogens is 424 g/mol. The molecule has 0 saturated carbocycles. The normalized spacial score (nSPS) is 14.8. The van der Waals surface area contributed by atoms with Gasteiger partial charge in [-0.3, -0.25) is 4.79 Å². The van der Waals surface area contributed by atoms with Crippen LogP contribution in [0.5, 0.6) is 0 Å². The molecule has 1 heterocycles. The molecule has 108 valence electrons. The zero-order valence-electron chi connectivity index (χ0n) is 10.7. The highest BCUT2D eigenvalue weighted by molar-refractivity contribution is 14.1. The molecule has 1 aliphatic heterocycles. The van der Waals surface area contributed by atoms with E-state index in [4.69, 9.17) is 23.2 Å². The highest BCUT2D eigenvalue weighted by atomic mass is 127. The minimum absolute atomic E-state index is 0.0648. The van der Waals surface area contributed by atoms with Crippen molar-refractivity contribution in [3.8, 4) is 0 Å². The number of carbonyl (C=O) groups excluding carboxylic acids is 1. The molecule has 0 fully saturated rings. The molecule has 2 N–H and O–H groups in total. The molecule has 3 nitrogen and oxygen atoms in total. The van der Waals surface area contributed by atoms with Gasteiger partial charge in [0.2, 0.25) is 5.91 Å². The molecule has 1 atom stereocenters. The molecule has 1 aliphatic rings. The Kier molecular flexibility index (Phi) is 4.14. The van der Waals surface area contributed by atoms with Gasteiger partial charge in [0.1, 0.15) is 6.10 Å². The number of amides is 1. The summed E-state index contributed by atoms with van der Waals surface area (Å²) in [4.78, 5) is 11.4. The Morgan fingerprint density at radius 2 is 1.95 bits per heavy atom. The fourth-order valence-corrected chi connectivity index (χ4v) is 3.45. The second-order valence-electron chi connectivity index (χ2n) is 4.82. The van der Waals surface area contributed by atoms with Crippen LogP contribution in [0.15, 0.2) is 30.3 Å². The van der Waals surface area contributed by atoms with Gasteiger partial charge in [0.15, 0.2) is 0 Å². The van der Waals surface area contributed by atoms with Crippen LogP contribution in [0, 0.1) is 3.57 Å². The topological polar surface area (TPSA) is 49.3 Å².